The zero-order chi connectivity index (χ0) is 19.0. The fourth-order valence-electron chi connectivity index (χ4n) is 4.19. The fraction of sp³-hybridized carbons (Fsp3) is 0.364. The van der Waals surface area contributed by atoms with Crippen molar-refractivity contribution in [1.29, 1.82) is 0 Å². The Labute approximate surface area is 159 Å². The zero-order valence-corrected chi connectivity index (χ0v) is 15.7. The summed E-state index contributed by atoms with van der Waals surface area (Å²) in [5.74, 6) is 0.613. The lowest BCUT2D eigenvalue weighted by Gasteiger charge is -2.37. The van der Waals surface area contributed by atoms with E-state index in [1.165, 1.54) is 5.56 Å². The van der Waals surface area contributed by atoms with Crippen LogP contribution in [-0.2, 0) is 16.0 Å². The van der Waals surface area contributed by atoms with Gasteiger partial charge in [-0.1, -0.05) is 24.3 Å². The number of carbonyl (C=O) groups excluding carboxylic acids is 2. The second kappa shape index (κ2) is 7.06. The molecule has 0 saturated carbocycles. The van der Waals surface area contributed by atoms with Crippen molar-refractivity contribution in [3.63, 3.8) is 0 Å². The number of amides is 2. The van der Waals surface area contributed by atoms with Crippen LogP contribution in [0.4, 0.5) is 5.69 Å². The van der Waals surface area contributed by atoms with Gasteiger partial charge in [0.1, 0.15) is 5.75 Å². The molecular formula is C22H24N2O3. The van der Waals surface area contributed by atoms with E-state index in [4.69, 9.17) is 4.74 Å². The van der Waals surface area contributed by atoms with E-state index < -0.39 is 0 Å². The summed E-state index contributed by atoms with van der Waals surface area (Å²) >= 11 is 0. The van der Waals surface area contributed by atoms with Crippen LogP contribution < -0.4 is 9.64 Å². The number of anilines is 1. The van der Waals surface area contributed by atoms with E-state index in [2.05, 4.69) is 13.0 Å². The molecule has 27 heavy (non-hydrogen) atoms. The van der Waals surface area contributed by atoms with Gasteiger partial charge < -0.3 is 14.5 Å². The summed E-state index contributed by atoms with van der Waals surface area (Å²) in [4.78, 5) is 29.3. The van der Waals surface area contributed by atoms with Gasteiger partial charge in [0, 0.05) is 25.2 Å². The highest BCUT2D eigenvalue weighted by atomic mass is 16.5. The number of hydrogen-bond acceptors (Lipinski definition) is 3. The molecule has 0 radical (unpaired) electrons. The van der Waals surface area contributed by atoms with E-state index in [1.807, 2.05) is 47.4 Å². The van der Waals surface area contributed by atoms with Crippen LogP contribution in [-0.4, -0.2) is 36.9 Å². The summed E-state index contributed by atoms with van der Waals surface area (Å²) in [7, 11) is 1.65. The van der Waals surface area contributed by atoms with Gasteiger partial charge in [0.05, 0.1) is 19.1 Å². The van der Waals surface area contributed by atoms with Gasteiger partial charge in [0.2, 0.25) is 11.8 Å². The fourth-order valence-corrected chi connectivity index (χ4v) is 4.19. The van der Waals surface area contributed by atoms with E-state index in [-0.39, 0.29) is 30.2 Å². The van der Waals surface area contributed by atoms with Crippen molar-refractivity contribution >= 4 is 17.5 Å². The molecule has 2 amide bonds. The molecule has 0 bridgehead atoms. The van der Waals surface area contributed by atoms with Crippen LogP contribution in [0.2, 0.25) is 0 Å². The van der Waals surface area contributed by atoms with Crippen molar-refractivity contribution in [2.24, 2.45) is 5.92 Å². The lowest BCUT2D eigenvalue weighted by atomic mass is 9.92. The molecule has 2 aromatic rings. The Kier molecular flexibility index (Phi) is 4.60. The van der Waals surface area contributed by atoms with Crippen LogP contribution in [0.3, 0.4) is 0 Å². The molecule has 0 aliphatic carbocycles. The number of fused-ring (bicyclic) bond motifs is 1. The van der Waals surface area contributed by atoms with E-state index in [0.29, 0.717) is 13.1 Å². The van der Waals surface area contributed by atoms with Crippen molar-refractivity contribution in [2.45, 2.75) is 25.8 Å². The largest absolute Gasteiger partial charge is 0.497 e. The van der Waals surface area contributed by atoms with Gasteiger partial charge >= 0.3 is 0 Å². The van der Waals surface area contributed by atoms with Crippen molar-refractivity contribution in [1.82, 2.24) is 4.90 Å². The normalized spacial score (nSPS) is 21.9. The topological polar surface area (TPSA) is 49.9 Å². The number of hydrogen-bond donors (Lipinski definition) is 0. The van der Waals surface area contributed by atoms with E-state index in [9.17, 15) is 9.59 Å². The molecule has 0 spiro atoms. The Morgan fingerprint density at radius 2 is 1.93 bits per heavy atom. The van der Waals surface area contributed by atoms with Gasteiger partial charge in [-0.15, -0.1) is 0 Å². The Morgan fingerprint density at radius 3 is 2.67 bits per heavy atom. The molecule has 4 rings (SSSR count). The van der Waals surface area contributed by atoms with Crippen molar-refractivity contribution in [3.8, 4) is 5.75 Å². The van der Waals surface area contributed by atoms with Crippen LogP contribution in [0.15, 0.2) is 48.5 Å². The molecular weight excluding hydrogens is 340 g/mol. The highest BCUT2D eigenvalue weighted by Crippen LogP contribution is 2.35. The van der Waals surface area contributed by atoms with Crippen molar-refractivity contribution in [2.75, 3.05) is 25.1 Å². The highest BCUT2D eigenvalue weighted by molar-refractivity contribution is 6.00. The van der Waals surface area contributed by atoms with Crippen LogP contribution in [0.1, 0.15) is 30.5 Å². The molecule has 5 heteroatoms. The average Bonchev–Trinajstić information content (AvgIpc) is 3.10. The number of benzene rings is 2. The van der Waals surface area contributed by atoms with Gasteiger partial charge in [0.25, 0.3) is 0 Å². The molecule has 0 N–H and O–H groups in total. The first-order chi connectivity index (χ1) is 13.1. The third-order valence-corrected chi connectivity index (χ3v) is 5.72. The first kappa shape index (κ1) is 17.6. The minimum Gasteiger partial charge on any atom is -0.497 e. The average molecular weight is 364 g/mol. The highest BCUT2D eigenvalue weighted by Gasteiger charge is 2.39. The van der Waals surface area contributed by atoms with E-state index in [0.717, 1.165) is 23.4 Å². The van der Waals surface area contributed by atoms with Crippen LogP contribution in [0, 0.1) is 5.92 Å². The van der Waals surface area contributed by atoms with Gasteiger partial charge in [0.15, 0.2) is 0 Å². The third-order valence-electron chi connectivity index (χ3n) is 5.72. The maximum absolute atomic E-state index is 13.2. The number of ether oxygens (including phenoxy) is 1. The summed E-state index contributed by atoms with van der Waals surface area (Å²) in [5.41, 5.74) is 3.26. The predicted octanol–water partition coefficient (Wildman–Crippen LogP) is 3.19. The summed E-state index contributed by atoms with van der Waals surface area (Å²) in [6.07, 6.45) is 1.11. The molecule has 140 valence electrons. The lowest BCUT2D eigenvalue weighted by molar-refractivity contribution is -0.138. The standard InChI is InChI=1S/C22H24N2O3/c1-15-20-13-19(27-2)9-8-16(20)10-11-23(15)22(26)17-12-21(25)24(14-17)18-6-4-3-5-7-18/h3-9,13,15,17H,10-12,14H2,1-2H3. The second-order valence-corrected chi connectivity index (χ2v) is 7.26. The number of carbonyl (C=O) groups is 2. The minimum absolute atomic E-state index is 0.0165. The van der Waals surface area contributed by atoms with Crippen LogP contribution in [0.25, 0.3) is 0 Å². The molecule has 5 nitrogen and oxygen atoms in total. The summed E-state index contributed by atoms with van der Waals surface area (Å²) in [6.45, 7) is 3.20. The molecule has 2 aliphatic heterocycles. The number of nitrogens with zero attached hydrogens (tertiary/aromatic N) is 2. The Bertz CT molecular complexity index is 865. The lowest BCUT2D eigenvalue weighted by Crippen LogP contribution is -2.42. The third kappa shape index (κ3) is 3.18. The zero-order valence-electron chi connectivity index (χ0n) is 15.7. The number of methoxy groups -OCH3 is 1. The Hall–Kier alpha value is -2.82. The van der Waals surface area contributed by atoms with Gasteiger partial charge in [-0.05, 0) is 48.7 Å². The minimum atomic E-state index is -0.285. The summed E-state index contributed by atoms with van der Waals surface area (Å²) in [6, 6.07) is 15.6. The molecule has 2 heterocycles. The monoisotopic (exact) mass is 364 g/mol. The molecule has 1 saturated heterocycles. The van der Waals surface area contributed by atoms with E-state index >= 15 is 0 Å². The van der Waals surface area contributed by atoms with Crippen molar-refractivity contribution in [3.05, 3.63) is 59.7 Å². The van der Waals surface area contributed by atoms with E-state index in [1.54, 1.807) is 12.0 Å². The first-order valence-corrected chi connectivity index (χ1v) is 9.41. The van der Waals surface area contributed by atoms with Gasteiger partial charge in [-0.2, -0.15) is 0 Å². The smallest absolute Gasteiger partial charge is 0.228 e. The van der Waals surface area contributed by atoms with Gasteiger partial charge in [-0.3, -0.25) is 9.59 Å². The summed E-state index contributed by atoms with van der Waals surface area (Å²) < 4.78 is 5.35. The SMILES string of the molecule is COc1ccc2c(c1)C(C)N(C(=O)C1CC(=O)N(c3ccccc3)C1)CC2. The Balaban J connectivity index is 1.52. The predicted molar refractivity (Wildman–Crippen MR) is 104 cm³/mol. The molecule has 2 aliphatic rings. The number of para-hydroxylation sites is 1. The molecule has 2 unspecified atom stereocenters. The summed E-state index contributed by atoms with van der Waals surface area (Å²) in [5, 5.41) is 0. The molecule has 0 aromatic heterocycles. The first-order valence-electron chi connectivity index (χ1n) is 9.41. The van der Waals surface area contributed by atoms with Crippen LogP contribution in [0.5, 0.6) is 5.75 Å². The number of rotatable bonds is 3. The van der Waals surface area contributed by atoms with Crippen molar-refractivity contribution < 1.29 is 14.3 Å². The quantitative estimate of drug-likeness (QED) is 0.840. The molecule has 1 fully saturated rings. The molecule has 2 atom stereocenters. The second-order valence-electron chi connectivity index (χ2n) is 7.26. The molecule has 2 aromatic carbocycles. The van der Waals surface area contributed by atoms with Crippen LogP contribution >= 0.6 is 0 Å². The van der Waals surface area contributed by atoms with Gasteiger partial charge in [-0.25, -0.2) is 0 Å². The maximum Gasteiger partial charge on any atom is 0.228 e. The Morgan fingerprint density at radius 1 is 1.15 bits per heavy atom. The maximum atomic E-state index is 13.2.